The van der Waals surface area contributed by atoms with Crippen molar-refractivity contribution < 1.29 is 4.52 Å². The van der Waals surface area contributed by atoms with Crippen LogP contribution in [0.25, 0.3) is 22.8 Å². The fourth-order valence-electron chi connectivity index (χ4n) is 6.73. The van der Waals surface area contributed by atoms with Crippen molar-refractivity contribution in [1.82, 2.24) is 29.7 Å². The summed E-state index contributed by atoms with van der Waals surface area (Å²) in [5.74, 6) is 4.33. The predicted octanol–water partition coefficient (Wildman–Crippen LogP) is 5.22. The molecule has 0 aromatic carbocycles. The molecule has 0 amide bonds. The van der Waals surface area contributed by atoms with E-state index in [0.29, 0.717) is 35.3 Å². The molecule has 0 spiro atoms. The monoisotopic (exact) mass is 522 g/mol. The van der Waals surface area contributed by atoms with Crippen LogP contribution >= 0.6 is 0 Å². The van der Waals surface area contributed by atoms with Gasteiger partial charge in [0.15, 0.2) is 11.5 Å². The largest absolute Gasteiger partial charge is 0.439 e. The van der Waals surface area contributed by atoms with E-state index in [1.807, 2.05) is 0 Å². The Balaban J connectivity index is 1.49. The molecule has 0 bridgehead atoms. The zero-order chi connectivity index (χ0) is 26.4. The van der Waals surface area contributed by atoms with Crippen molar-refractivity contribution in [3.63, 3.8) is 0 Å². The summed E-state index contributed by atoms with van der Waals surface area (Å²) in [5, 5.41) is 7.62. The number of anilines is 2. The van der Waals surface area contributed by atoms with Crippen LogP contribution in [0.3, 0.4) is 0 Å². The Morgan fingerprint density at radius 1 is 1.03 bits per heavy atom. The molecule has 3 fully saturated rings. The molecule has 1 saturated heterocycles. The topological polar surface area (TPSA) is 118 Å². The molecule has 10 nitrogen and oxygen atoms in total. The Morgan fingerprint density at radius 3 is 2.47 bits per heavy atom. The summed E-state index contributed by atoms with van der Waals surface area (Å²) >= 11 is 0. The highest BCUT2D eigenvalue weighted by Gasteiger charge is 2.34. The molecular formula is C28H42N8O2. The lowest BCUT2D eigenvalue weighted by Crippen LogP contribution is -2.36. The van der Waals surface area contributed by atoms with E-state index in [0.717, 1.165) is 36.3 Å². The predicted molar refractivity (Wildman–Crippen MR) is 148 cm³/mol. The van der Waals surface area contributed by atoms with Crippen LogP contribution in [-0.2, 0) is 6.54 Å². The van der Waals surface area contributed by atoms with Gasteiger partial charge in [0.25, 0.3) is 0 Å². The number of H-pyrrole nitrogens is 1. The van der Waals surface area contributed by atoms with Gasteiger partial charge in [-0.15, -0.1) is 0 Å². The number of nitrogens with one attached hydrogen (secondary N) is 2. The van der Waals surface area contributed by atoms with Gasteiger partial charge in [-0.3, -0.25) is 9.51 Å². The fourth-order valence-corrected chi connectivity index (χ4v) is 6.73. The first-order valence-electron chi connectivity index (χ1n) is 14.7. The third kappa shape index (κ3) is 4.82. The number of imidazole rings is 1. The average Bonchev–Trinajstić information content (AvgIpc) is 3.58. The first-order valence-corrected chi connectivity index (χ1v) is 14.7. The van der Waals surface area contributed by atoms with Crippen LogP contribution in [0.5, 0.6) is 0 Å². The van der Waals surface area contributed by atoms with Crippen molar-refractivity contribution in [2.75, 3.05) is 16.8 Å². The molecule has 4 heterocycles. The van der Waals surface area contributed by atoms with Crippen molar-refractivity contribution in [1.29, 1.82) is 0 Å². The van der Waals surface area contributed by atoms with E-state index in [1.165, 1.54) is 57.8 Å². The highest BCUT2D eigenvalue weighted by molar-refractivity contribution is 5.87. The second kappa shape index (κ2) is 10.3. The number of rotatable bonds is 8. The Hall–Kier alpha value is -2.91. The summed E-state index contributed by atoms with van der Waals surface area (Å²) < 4.78 is 7.20. The first-order chi connectivity index (χ1) is 18.4. The summed E-state index contributed by atoms with van der Waals surface area (Å²) in [6.45, 7) is 11.2. The van der Waals surface area contributed by atoms with Crippen LogP contribution in [0.1, 0.15) is 85.5 Å². The molecule has 2 N–H and O–H groups in total. The van der Waals surface area contributed by atoms with Crippen molar-refractivity contribution in [2.24, 2.45) is 23.7 Å². The third-order valence-corrected chi connectivity index (χ3v) is 9.36. The molecule has 0 radical (unpaired) electrons. The van der Waals surface area contributed by atoms with Gasteiger partial charge in [-0.1, -0.05) is 45.2 Å². The molecule has 6 rings (SSSR count). The molecule has 3 aromatic rings. The van der Waals surface area contributed by atoms with E-state index in [1.54, 1.807) is 0 Å². The lowest BCUT2D eigenvalue weighted by molar-refractivity contribution is 0.266. The minimum absolute atomic E-state index is 0.231. The zero-order valence-corrected chi connectivity index (χ0v) is 23.2. The van der Waals surface area contributed by atoms with Crippen LogP contribution in [0, 0.1) is 23.7 Å². The SMILES string of the molecule is CC(C)C1CCCN1c1nc2nc(-c3noc(=O)[nH]3)nc(N[C@H](C)C3CCC3)c2n1C[C@H]1CC[C@H](C)CC1. The van der Waals surface area contributed by atoms with Crippen molar-refractivity contribution in [3.05, 3.63) is 10.6 Å². The van der Waals surface area contributed by atoms with Gasteiger partial charge in [-0.2, -0.15) is 4.98 Å². The van der Waals surface area contributed by atoms with Crippen molar-refractivity contribution >= 4 is 22.9 Å². The molecule has 1 aliphatic heterocycles. The van der Waals surface area contributed by atoms with Crippen LogP contribution in [0.2, 0.25) is 0 Å². The van der Waals surface area contributed by atoms with Gasteiger partial charge in [0.05, 0.1) is 0 Å². The van der Waals surface area contributed by atoms with Gasteiger partial charge in [0.2, 0.25) is 17.6 Å². The second-order valence-corrected chi connectivity index (χ2v) is 12.4. The fraction of sp³-hybridized carbons (Fsp3) is 0.750. The Kier molecular flexibility index (Phi) is 6.90. The molecule has 3 aromatic heterocycles. The second-order valence-electron chi connectivity index (χ2n) is 12.4. The van der Waals surface area contributed by atoms with E-state index in [9.17, 15) is 4.79 Å². The molecule has 2 atom stereocenters. The van der Waals surface area contributed by atoms with Crippen LogP contribution in [-0.4, -0.2) is 48.3 Å². The summed E-state index contributed by atoms with van der Waals surface area (Å²) in [6.07, 6.45) is 11.2. The number of aromatic nitrogens is 6. The van der Waals surface area contributed by atoms with Gasteiger partial charge in [-0.25, -0.2) is 14.8 Å². The van der Waals surface area contributed by atoms with E-state index in [2.05, 4.69) is 52.6 Å². The molecule has 2 aliphatic carbocycles. The Morgan fingerprint density at radius 2 is 1.82 bits per heavy atom. The van der Waals surface area contributed by atoms with Crippen LogP contribution < -0.4 is 16.0 Å². The molecule has 206 valence electrons. The lowest BCUT2D eigenvalue weighted by Gasteiger charge is -2.33. The van der Waals surface area contributed by atoms with Crippen LogP contribution in [0.4, 0.5) is 11.8 Å². The summed E-state index contributed by atoms with van der Waals surface area (Å²) in [7, 11) is 0. The van der Waals surface area contributed by atoms with Gasteiger partial charge in [0.1, 0.15) is 5.52 Å². The molecule has 3 aliphatic rings. The zero-order valence-electron chi connectivity index (χ0n) is 23.2. The lowest BCUT2D eigenvalue weighted by atomic mass is 9.80. The van der Waals surface area contributed by atoms with E-state index < -0.39 is 5.76 Å². The minimum atomic E-state index is -0.615. The first kappa shape index (κ1) is 25.4. The quantitative estimate of drug-likeness (QED) is 0.413. The number of nitrogens with zero attached hydrogens (tertiary/aromatic N) is 6. The van der Waals surface area contributed by atoms with Gasteiger partial charge in [-0.05, 0) is 69.1 Å². The number of hydrogen-bond donors (Lipinski definition) is 2. The highest BCUT2D eigenvalue weighted by atomic mass is 16.5. The minimum Gasteiger partial charge on any atom is -0.365 e. The molecule has 38 heavy (non-hydrogen) atoms. The van der Waals surface area contributed by atoms with Crippen molar-refractivity contribution in [3.8, 4) is 11.6 Å². The van der Waals surface area contributed by atoms with Crippen molar-refractivity contribution in [2.45, 2.75) is 104 Å². The Labute approximate surface area is 224 Å². The van der Waals surface area contributed by atoms with E-state index in [-0.39, 0.29) is 11.9 Å². The maximum absolute atomic E-state index is 11.7. The van der Waals surface area contributed by atoms with Gasteiger partial charge in [0, 0.05) is 25.2 Å². The van der Waals surface area contributed by atoms with Gasteiger partial charge >= 0.3 is 5.76 Å². The molecule has 1 unspecified atom stereocenters. The summed E-state index contributed by atoms with van der Waals surface area (Å²) in [4.78, 5) is 31.8. The summed E-state index contributed by atoms with van der Waals surface area (Å²) in [6, 6.07) is 0.741. The smallest absolute Gasteiger partial charge is 0.365 e. The normalized spacial score (nSPS) is 25.3. The number of aromatic amines is 1. The maximum Gasteiger partial charge on any atom is 0.439 e. The molecular weight excluding hydrogens is 480 g/mol. The third-order valence-electron chi connectivity index (χ3n) is 9.36. The standard InChI is InChI=1S/C28H42N8O2/c1-16(2)21-9-6-14-35(21)27-32-24-22(36(27)15-19-12-10-17(3)11-13-19)23(29-18(4)20-7-5-8-20)30-25(31-24)26-33-28(37)38-34-26/h16-21H,5-15H2,1-4H3,(H,29,30,31)(H,33,34,37)/t17-,18-,19-,21?/m1/s1. The molecule has 2 saturated carbocycles. The highest BCUT2D eigenvalue weighted by Crippen LogP contribution is 2.38. The summed E-state index contributed by atoms with van der Waals surface area (Å²) in [5.41, 5.74) is 1.62. The van der Waals surface area contributed by atoms with Crippen LogP contribution in [0.15, 0.2) is 9.32 Å². The number of hydrogen-bond acceptors (Lipinski definition) is 8. The molecule has 10 heteroatoms. The Bertz CT molecular complexity index is 1310. The van der Waals surface area contributed by atoms with E-state index in [4.69, 9.17) is 19.5 Å². The van der Waals surface area contributed by atoms with E-state index >= 15 is 0 Å². The average molecular weight is 523 g/mol. The number of fused-ring (bicyclic) bond motifs is 1. The van der Waals surface area contributed by atoms with Gasteiger partial charge < -0.3 is 14.8 Å². The maximum atomic E-state index is 11.7.